The van der Waals surface area contributed by atoms with Crippen LogP contribution in [0.2, 0.25) is 0 Å². The van der Waals surface area contributed by atoms with Crippen molar-refractivity contribution in [2.45, 2.75) is 31.5 Å². The van der Waals surface area contributed by atoms with Crippen LogP contribution in [0.4, 0.5) is 13.2 Å². The van der Waals surface area contributed by atoms with E-state index < -0.39 is 29.7 Å². The van der Waals surface area contributed by atoms with E-state index in [2.05, 4.69) is 12.2 Å². The number of allylic oxidation sites excluding steroid dienone is 2. The molecule has 2 aliphatic carbocycles. The lowest BCUT2D eigenvalue weighted by Crippen LogP contribution is -2.48. The van der Waals surface area contributed by atoms with E-state index in [1.165, 1.54) is 12.1 Å². The summed E-state index contributed by atoms with van der Waals surface area (Å²) in [5.74, 6) is -0.617. The van der Waals surface area contributed by atoms with E-state index in [4.69, 9.17) is 10.5 Å². The third-order valence-electron chi connectivity index (χ3n) is 8.37. The Kier molecular flexibility index (Phi) is 6.68. The summed E-state index contributed by atoms with van der Waals surface area (Å²) in [4.78, 5) is 40.8. The molecule has 0 spiro atoms. The summed E-state index contributed by atoms with van der Waals surface area (Å²) in [5, 5.41) is 0. The van der Waals surface area contributed by atoms with E-state index >= 15 is 0 Å². The summed E-state index contributed by atoms with van der Waals surface area (Å²) in [5.41, 5.74) is 7.44. The van der Waals surface area contributed by atoms with Gasteiger partial charge >= 0.3 is 12.1 Å². The van der Waals surface area contributed by atoms with Gasteiger partial charge in [-0.25, -0.2) is 4.79 Å². The normalized spacial score (nSPS) is 22.9. The highest BCUT2D eigenvalue weighted by Crippen LogP contribution is 2.45. The molecular weight excluding hydrogens is 533 g/mol. The fourth-order valence-corrected chi connectivity index (χ4v) is 6.40. The fraction of sp³-hybridized carbons (Fsp3) is 0.281. The predicted molar refractivity (Wildman–Crippen MR) is 144 cm³/mol. The molecule has 2 N–H and O–H groups in total. The zero-order valence-corrected chi connectivity index (χ0v) is 21.9. The number of hydrogen-bond donors (Lipinski definition) is 1. The van der Waals surface area contributed by atoms with Gasteiger partial charge in [0.05, 0.1) is 11.1 Å². The first-order chi connectivity index (χ1) is 19.6. The number of rotatable bonds is 5. The van der Waals surface area contributed by atoms with Crippen molar-refractivity contribution < 1.29 is 32.3 Å². The zero-order chi connectivity index (χ0) is 28.9. The lowest BCUT2D eigenvalue weighted by Gasteiger charge is -2.38. The van der Waals surface area contributed by atoms with Crippen LogP contribution in [0.25, 0.3) is 11.1 Å². The molecule has 2 amide bonds. The highest BCUT2D eigenvalue weighted by molar-refractivity contribution is 5.98. The monoisotopic (exact) mass is 560 g/mol. The molecule has 3 aliphatic rings. The molecule has 2 bridgehead atoms. The average Bonchev–Trinajstić information content (AvgIpc) is 3.60. The van der Waals surface area contributed by atoms with E-state index in [1.807, 2.05) is 0 Å². The van der Waals surface area contributed by atoms with Crippen LogP contribution in [0, 0.1) is 17.8 Å². The number of halogens is 3. The third-order valence-corrected chi connectivity index (χ3v) is 8.37. The highest BCUT2D eigenvalue weighted by Gasteiger charge is 2.45. The molecule has 0 aromatic heterocycles. The molecule has 1 aliphatic heterocycles. The number of hydrogen-bond acceptors (Lipinski definition) is 4. The molecule has 0 radical (unpaired) electrons. The Balaban J connectivity index is 1.22. The number of alkyl halides is 3. The number of nitrogens with zero attached hydrogens (tertiary/aromatic N) is 1. The number of fused-ring (bicyclic) bond motifs is 3. The molecular formula is C32H27F3N2O4. The van der Waals surface area contributed by atoms with Crippen molar-refractivity contribution in [2.75, 3.05) is 6.54 Å². The molecule has 1 fully saturated rings. The van der Waals surface area contributed by atoms with Gasteiger partial charge in [0.25, 0.3) is 0 Å². The van der Waals surface area contributed by atoms with Crippen molar-refractivity contribution in [1.82, 2.24) is 4.90 Å². The smallest absolute Gasteiger partial charge is 0.416 e. The molecule has 1 saturated carbocycles. The van der Waals surface area contributed by atoms with E-state index in [1.54, 1.807) is 47.4 Å². The third kappa shape index (κ3) is 5.01. The summed E-state index contributed by atoms with van der Waals surface area (Å²) in [6, 6.07) is 15.1. The number of benzene rings is 3. The van der Waals surface area contributed by atoms with Gasteiger partial charge < -0.3 is 15.4 Å². The second kappa shape index (κ2) is 10.2. The van der Waals surface area contributed by atoms with Crippen LogP contribution in [0.1, 0.15) is 45.9 Å². The summed E-state index contributed by atoms with van der Waals surface area (Å²) in [7, 11) is 0. The van der Waals surface area contributed by atoms with Crippen LogP contribution in [0.15, 0.2) is 78.9 Å². The molecule has 210 valence electrons. The Hall–Kier alpha value is -4.40. The largest absolute Gasteiger partial charge is 0.423 e. The topological polar surface area (TPSA) is 89.7 Å². The number of ether oxygens (including phenoxy) is 1. The Labute approximate surface area is 234 Å². The zero-order valence-electron chi connectivity index (χ0n) is 21.9. The Bertz CT molecular complexity index is 1560. The summed E-state index contributed by atoms with van der Waals surface area (Å²) < 4.78 is 44.7. The van der Waals surface area contributed by atoms with Gasteiger partial charge in [-0.05, 0) is 83.7 Å². The number of primary amides is 1. The molecule has 9 heteroatoms. The maximum Gasteiger partial charge on any atom is 0.416 e. The molecule has 6 rings (SSSR count). The highest BCUT2D eigenvalue weighted by atomic mass is 19.4. The van der Waals surface area contributed by atoms with Gasteiger partial charge in [0.15, 0.2) is 0 Å². The predicted octanol–water partition coefficient (Wildman–Crippen LogP) is 5.71. The second-order valence-corrected chi connectivity index (χ2v) is 10.8. The van der Waals surface area contributed by atoms with Crippen LogP contribution >= 0.6 is 0 Å². The molecule has 41 heavy (non-hydrogen) atoms. The van der Waals surface area contributed by atoms with E-state index in [0.717, 1.165) is 30.5 Å². The molecule has 3 aromatic carbocycles. The first kappa shape index (κ1) is 26.8. The van der Waals surface area contributed by atoms with Crippen molar-refractivity contribution in [3.63, 3.8) is 0 Å². The lowest BCUT2D eigenvalue weighted by atomic mass is 9.87. The van der Waals surface area contributed by atoms with Crippen LogP contribution in [-0.2, 0) is 22.2 Å². The number of nitrogens with two attached hydrogens (primary N) is 1. The minimum absolute atomic E-state index is 0.0494. The minimum Gasteiger partial charge on any atom is -0.423 e. The van der Waals surface area contributed by atoms with Gasteiger partial charge in [-0.2, -0.15) is 13.2 Å². The lowest BCUT2D eigenvalue weighted by molar-refractivity contribution is -0.144. The molecule has 4 atom stereocenters. The van der Waals surface area contributed by atoms with E-state index in [9.17, 15) is 27.6 Å². The van der Waals surface area contributed by atoms with Gasteiger partial charge in [0.2, 0.25) is 11.8 Å². The molecule has 3 aromatic rings. The second-order valence-electron chi connectivity index (χ2n) is 10.8. The molecule has 4 unspecified atom stereocenters. The molecule has 6 nitrogen and oxygen atoms in total. The maximum absolute atomic E-state index is 13.5. The average molecular weight is 561 g/mol. The fourth-order valence-electron chi connectivity index (χ4n) is 6.40. The number of esters is 1. The van der Waals surface area contributed by atoms with Crippen molar-refractivity contribution in [2.24, 2.45) is 23.5 Å². The molecule has 0 saturated heterocycles. The van der Waals surface area contributed by atoms with Crippen LogP contribution in [0.3, 0.4) is 0 Å². The minimum atomic E-state index is -4.46. The van der Waals surface area contributed by atoms with Crippen LogP contribution in [-0.4, -0.2) is 29.2 Å². The van der Waals surface area contributed by atoms with Crippen molar-refractivity contribution >= 4 is 17.8 Å². The van der Waals surface area contributed by atoms with E-state index in [0.29, 0.717) is 35.6 Å². The maximum atomic E-state index is 13.5. The Morgan fingerprint density at radius 1 is 0.927 bits per heavy atom. The van der Waals surface area contributed by atoms with Crippen molar-refractivity contribution in [3.8, 4) is 16.9 Å². The first-order valence-electron chi connectivity index (χ1n) is 13.5. The van der Waals surface area contributed by atoms with Crippen LogP contribution < -0.4 is 10.5 Å². The SMILES string of the molecule is NC(=O)C1c2ccc(OC(=O)c3ccccc3-c3ccc(C(F)(F)F)cc3)cc2CCN1C(=O)C1CC2C=CC1C2. The quantitative estimate of drug-likeness (QED) is 0.246. The van der Waals surface area contributed by atoms with Crippen molar-refractivity contribution in [1.29, 1.82) is 0 Å². The standard InChI is InChI=1S/C32H27F3N2O4/c33-32(34,35)22-9-7-19(8-10-22)24-3-1-2-4-26(24)31(40)41-23-11-12-25-21(17-23)13-14-37(28(25)29(36)38)30(39)27-16-18-5-6-20(27)15-18/h1-12,17-18,20,27-28H,13-16H2,(H2,36,38). The van der Waals surface area contributed by atoms with Crippen molar-refractivity contribution in [3.05, 3.63) is 101 Å². The summed E-state index contributed by atoms with van der Waals surface area (Å²) >= 11 is 0. The van der Waals surface area contributed by atoms with Gasteiger partial charge in [-0.3, -0.25) is 9.59 Å². The molecule has 1 heterocycles. The Morgan fingerprint density at radius 2 is 1.68 bits per heavy atom. The number of carbonyl (C=O) groups excluding carboxylic acids is 3. The van der Waals surface area contributed by atoms with E-state index in [-0.39, 0.29) is 29.1 Å². The van der Waals surface area contributed by atoms with Gasteiger partial charge in [0, 0.05) is 12.5 Å². The van der Waals surface area contributed by atoms with Gasteiger partial charge in [0.1, 0.15) is 11.8 Å². The summed E-state index contributed by atoms with van der Waals surface area (Å²) in [6.07, 6.45) is 2.03. The van der Waals surface area contributed by atoms with Crippen LogP contribution in [0.5, 0.6) is 5.75 Å². The Morgan fingerprint density at radius 3 is 2.34 bits per heavy atom. The number of carbonyl (C=O) groups is 3. The summed E-state index contributed by atoms with van der Waals surface area (Å²) in [6.45, 7) is 0.325. The van der Waals surface area contributed by atoms with Gasteiger partial charge in [-0.1, -0.05) is 48.6 Å². The van der Waals surface area contributed by atoms with Gasteiger partial charge in [-0.15, -0.1) is 0 Å². The first-order valence-corrected chi connectivity index (χ1v) is 13.5. The number of amides is 2.